The molecule has 1 atom stereocenters. The van der Waals surface area contributed by atoms with E-state index >= 15 is 0 Å². The van der Waals surface area contributed by atoms with Crippen molar-refractivity contribution in [1.29, 1.82) is 0 Å². The van der Waals surface area contributed by atoms with Crippen LogP contribution in [0.4, 0.5) is 0 Å². The van der Waals surface area contributed by atoms with Gasteiger partial charge in [-0.2, -0.15) is 0 Å². The molecule has 0 aliphatic carbocycles. The van der Waals surface area contributed by atoms with E-state index in [0.717, 1.165) is 57.8 Å². The largest absolute Gasteiger partial charge is 0.379 e. The molecule has 4 nitrogen and oxygen atoms in total. The van der Waals surface area contributed by atoms with E-state index in [1.807, 2.05) is 6.92 Å². The molecule has 1 N–H and O–H groups in total. The fraction of sp³-hybridized carbons (Fsp3) is 0.650. The molecule has 1 fully saturated rings. The average molecular weight is 332 g/mol. The Morgan fingerprint density at radius 1 is 1.17 bits per heavy atom. The van der Waals surface area contributed by atoms with Crippen LogP contribution < -0.4 is 5.32 Å². The summed E-state index contributed by atoms with van der Waals surface area (Å²) in [6.45, 7) is 11.9. The van der Waals surface area contributed by atoms with Gasteiger partial charge in [0.15, 0.2) is 0 Å². The number of carbonyl (C=O) groups is 1. The minimum Gasteiger partial charge on any atom is -0.379 e. The molecule has 24 heavy (non-hydrogen) atoms. The molecule has 1 aliphatic heterocycles. The monoisotopic (exact) mass is 332 g/mol. The third-order valence-corrected chi connectivity index (χ3v) is 4.57. The van der Waals surface area contributed by atoms with Crippen LogP contribution in [0.5, 0.6) is 0 Å². The number of ether oxygens (including phenoxy) is 1. The summed E-state index contributed by atoms with van der Waals surface area (Å²) in [6.07, 6.45) is 2.08. The molecule has 1 amide bonds. The van der Waals surface area contributed by atoms with Gasteiger partial charge in [0.25, 0.3) is 0 Å². The molecule has 1 aromatic carbocycles. The van der Waals surface area contributed by atoms with E-state index in [0.29, 0.717) is 5.92 Å². The Balaban J connectivity index is 1.71. The number of benzene rings is 1. The van der Waals surface area contributed by atoms with Gasteiger partial charge in [-0.15, -0.1) is 0 Å². The predicted octanol–water partition coefficient (Wildman–Crippen LogP) is 2.83. The maximum absolute atomic E-state index is 12.3. The van der Waals surface area contributed by atoms with Gasteiger partial charge >= 0.3 is 0 Å². The van der Waals surface area contributed by atoms with E-state index in [1.54, 1.807) is 0 Å². The Labute approximate surface area is 146 Å². The topological polar surface area (TPSA) is 41.6 Å². The van der Waals surface area contributed by atoms with Gasteiger partial charge < -0.3 is 10.1 Å². The van der Waals surface area contributed by atoms with Crippen molar-refractivity contribution in [1.82, 2.24) is 10.2 Å². The number of morpholine rings is 1. The molecule has 0 aromatic heterocycles. The van der Waals surface area contributed by atoms with E-state index in [9.17, 15) is 4.79 Å². The number of nitrogens with one attached hydrogen (secondary N) is 1. The summed E-state index contributed by atoms with van der Waals surface area (Å²) in [5.41, 5.74) is 2.43. The van der Waals surface area contributed by atoms with E-state index in [1.165, 1.54) is 5.56 Å². The van der Waals surface area contributed by atoms with Crippen molar-refractivity contribution >= 4 is 5.91 Å². The lowest BCUT2D eigenvalue weighted by Gasteiger charge is -2.26. The smallest absolute Gasteiger partial charge is 0.227 e. The van der Waals surface area contributed by atoms with Crippen LogP contribution in [0.2, 0.25) is 0 Å². The molecule has 1 aromatic rings. The third kappa shape index (κ3) is 6.25. The highest BCUT2D eigenvalue weighted by molar-refractivity contribution is 5.83. The Hall–Kier alpha value is -1.39. The summed E-state index contributed by atoms with van der Waals surface area (Å²) in [7, 11) is 0. The van der Waals surface area contributed by atoms with E-state index in [4.69, 9.17) is 4.74 Å². The van der Waals surface area contributed by atoms with E-state index < -0.39 is 0 Å². The zero-order valence-electron chi connectivity index (χ0n) is 15.4. The summed E-state index contributed by atoms with van der Waals surface area (Å²) in [5, 5.41) is 3.07. The Bertz CT molecular complexity index is 493. The lowest BCUT2D eigenvalue weighted by Crippen LogP contribution is -2.38. The Morgan fingerprint density at radius 2 is 1.83 bits per heavy atom. The molecule has 0 saturated carbocycles. The number of hydrogen-bond acceptors (Lipinski definition) is 3. The summed E-state index contributed by atoms with van der Waals surface area (Å²) in [5.74, 6) is 0.679. The van der Waals surface area contributed by atoms with Crippen LogP contribution in [0.25, 0.3) is 0 Å². The van der Waals surface area contributed by atoms with Crippen LogP contribution in [0, 0.1) is 5.92 Å². The number of amides is 1. The minimum absolute atomic E-state index is 0.0958. The first-order valence-electron chi connectivity index (χ1n) is 9.23. The first-order chi connectivity index (χ1) is 11.6. The normalized spacial score (nSPS) is 17.0. The summed E-state index contributed by atoms with van der Waals surface area (Å²) in [4.78, 5) is 14.7. The van der Waals surface area contributed by atoms with Crippen molar-refractivity contribution < 1.29 is 9.53 Å². The lowest BCUT2D eigenvalue weighted by molar-refractivity contribution is -0.122. The van der Waals surface area contributed by atoms with Gasteiger partial charge in [-0.3, -0.25) is 9.69 Å². The highest BCUT2D eigenvalue weighted by atomic mass is 16.5. The molecule has 1 saturated heterocycles. The van der Waals surface area contributed by atoms with Gasteiger partial charge in [0.05, 0.1) is 19.1 Å². The lowest BCUT2D eigenvalue weighted by atomic mass is 9.96. The first-order valence-corrected chi connectivity index (χ1v) is 9.23. The van der Waals surface area contributed by atoms with Crippen molar-refractivity contribution in [2.24, 2.45) is 5.92 Å². The fourth-order valence-corrected chi connectivity index (χ4v) is 3.06. The molecule has 0 radical (unpaired) electrons. The van der Waals surface area contributed by atoms with Gasteiger partial charge in [0, 0.05) is 19.6 Å². The summed E-state index contributed by atoms with van der Waals surface area (Å²) >= 11 is 0. The molecule has 4 heteroatoms. The van der Waals surface area contributed by atoms with Gasteiger partial charge in [0.1, 0.15) is 0 Å². The number of nitrogens with zero attached hydrogens (tertiary/aromatic N) is 1. The molecular formula is C20H32N2O2. The predicted molar refractivity (Wildman–Crippen MR) is 98.3 cm³/mol. The number of hydrogen-bond donors (Lipinski definition) is 1. The second-order valence-electron chi connectivity index (χ2n) is 7.16. The molecule has 0 spiro atoms. The molecule has 0 bridgehead atoms. The van der Waals surface area contributed by atoms with Gasteiger partial charge in [-0.1, -0.05) is 38.1 Å². The summed E-state index contributed by atoms with van der Waals surface area (Å²) in [6, 6.07) is 8.49. The number of carbonyl (C=O) groups excluding carboxylic acids is 1. The van der Waals surface area contributed by atoms with Crippen molar-refractivity contribution in [3.05, 3.63) is 35.4 Å². The van der Waals surface area contributed by atoms with Crippen LogP contribution in [0.15, 0.2) is 24.3 Å². The average Bonchev–Trinajstić information content (AvgIpc) is 2.59. The fourth-order valence-electron chi connectivity index (χ4n) is 3.06. The molecule has 0 unspecified atom stereocenters. The molecule has 1 heterocycles. The molecule has 134 valence electrons. The van der Waals surface area contributed by atoms with Crippen LogP contribution in [0.3, 0.4) is 0 Å². The Morgan fingerprint density at radius 3 is 2.46 bits per heavy atom. The van der Waals surface area contributed by atoms with E-state index in [2.05, 4.69) is 48.3 Å². The molecule has 2 rings (SSSR count). The first kappa shape index (κ1) is 18.9. The maximum Gasteiger partial charge on any atom is 0.227 e. The zero-order valence-corrected chi connectivity index (χ0v) is 15.4. The third-order valence-electron chi connectivity index (χ3n) is 4.57. The van der Waals surface area contributed by atoms with Crippen LogP contribution >= 0.6 is 0 Å². The van der Waals surface area contributed by atoms with Gasteiger partial charge in [0.2, 0.25) is 5.91 Å². The maximum atomic E-state index is 12.3. The quantitative estimate of drug-likeness (QED) is 0.744. The SMILES string of the molecule is CC(C)Cc1ccc([C@@H](C)C(=O)NCCCN2CCOCC2)cc1. The highest BCUT2D eigenvalue weighted by Crippen LogP contribution is 2.17. The number of rotatable bonds is 8. The van der Waals surface area contributed by atoms with Crippen LogP contribution in [0.1, 0.15) is 44.2 Å². The van der Waals surface area contributed by atoms with Crippen LogP contribution in [-0.2, 0) is 16.0 Å². The van der Waals surface area contributed by atoms with Crippen molar-refractivity contribution in [2.75, 3.05) is 39.4 Å². The van der Waals surface area contributed by atoms with Crippen molar-refractivity contribution in [3.63, 3.8) is 0 Å². The Kier molecular flexibility index (Phi) is 7.73. The molecular weight excluding hydrogens is 300 g/mol. The summed E-state index contributed by atoms with van der Waals surface area (Å²) < 4.78 is 5.34. The van der Waals surface area contributed by atoms with Crippen molar-refractivity contribution in [3.8, 4) is 0 Å². The minimum atomic E-state index is -0.0958. The highest BCUT2D eigenvalue weighted by Gasteiger charge is 2.15. The second kappa shape index (κ2) is 9.80. The van der Waals surface area contributed by atoms with Crippen molar-refractivity contribution in [2.45, 2.75) is 39.5 Å². The standard InChI is InChI=1S/C20H32N2O2/c1-16(2)15-18-5-7-19(8-6-18)17(3)20(23)21-9-4-10-22-11-13-24-14-12-22/h5-8,16-17H,4,9-15H2,1-3H3,(H,21,23)/t17-/m1/s1. The van der Waals surface area contributed by atoms with Gasteiger partial charge in [-0.05, 0) is 43.4 Å². The zero-order chi connectivity index (χ0) is 17.4. The van der Waals surface area contributed by atoms with Gasteiger partial charge in [-0.25, -0.2) is 0 Å². The van der Waals surface area contributed by atoms with Crippen LogP contribution in [-0.4, -0.2) is 50.2 Å². The van der Waals surface area contributed by atoms with E-state index in [-0.39, 0.29) is 11.8 Å². The second-order valence-corrected chi connectivity index (χ2v) is 7.16. The molecule has 1 aliphatic rings.